The van der Waals surface area contributed by atoms with Crippen LogP contribution in [0.4, 0.5) is 22.7 Å². The van der Waals surface area contributed by atoms with Crippen molar-refractivity contribution in [3.63, 3.8) is 0 Å². The molecule has 0 aromatic heterocycles. The smallest absolute Gasteiger partial charge is 0.239 e. The molecular formula is C16H10Cl6N4O2. The minimum absolute atomic E-state index is 0.138. The van der Waals surface area contributed by atoms with Crippen molar-refractivity contribution in [2.45, 2.75) is 0 Å². The lowest BCUT2D eigenvalue weighted by molar-refractivity contribution is -0.114. The SMILES string of the molecule is O=C(CCl)Nc1cc(Cl)c(N=Nc2c(Cl)cc(NC(=O)CCl)cc2Cl)c(Cl)c1. The second-order valence-electron chi connectivity index (χ2n) is 5.14. The van der Waals surface area contributed by atoms with Crippen LogP contribution in [0.3, 0.4) is 0 Å². The average molecular weight is 503 g/mol. The summed E-state index contributed by atoms with van der Waals surface area (Å²) in [6, 6.07) is 5.78. The number of rotatable bonds is 6. The lowest BCUT2D eigenvalue weighted by atomic mass is 10.2. The van der Waals surface area contributed by atoms with Crippen molar-refractivity contribution in [2.24, 2.45) is 10.2 Å². The number of nitrogens with one attached hydrogen (secondary N) is 2. The van der Waals surface area contributed by atoms with Crippen molar-refractivity contribution in [3.05, 3.63) is 44.4 Å². The summed E-state index contributed by atoms with van der Waals surface area (Å²) in [5, 5.41) is 13.6. The topological polar surface area (TPSA) is 82.9 Å². The maximum atomic E-state index is 11.4. The van der Waals surface area contributed by atoms with Gasteiger partial charge in [-0.1, -0.05) is 46.4 Å². The van der Waals surface area contributed by atoms with E-state index in [2.05, 4.69) is 20.9 Å². The Bertz CT molecular complexity index is 829. The zero-order valence-corrected chi connectivity index (χ0v) is 18.2. The summed E-state index contributed by atoms with van der Waals surface area (Å²) in [7, 11) is 0. The third kappa shape index (κ3) is 6.11. The highest BCUT2D eigenvalue weighted by atomic mass is 35.5. The van der Waals surface area contributed by atoms with Crippen LogP contribution in [-0.2, 0) is 9.59 Å². The van der Waals surface area contributed by atoms with E-state index in [0.717, 1.165) is 0 Å². The van der Waals surface area contributed by atoms with Crippen LogP contribution in [0.5, 0.6) is 0 Å². The van der Waals surface area contributed by atoms with E-state index in [1.165, 1.54) is 24.3 Å². The first-order valence-electron chi connectivity index (χ1n) is 7.36. The molecule has 0 saturated heterocycles. The highest BCUT2D eigenvalue weighted by Gasteiger charge is 2.13. The van der Waals surface area contributed by atoms with E-state index in [0.29, 0.717) is 11.4 Å². The molecule has 2 N–H and O–H groups in total. The lowest BCUT2D eigenvalue weighted by Crippen LogP contribution is -2.12. The summed E-state index contributed by atoms with van der Waals surface area (Å²) in [6.07, 6.45) is 0. The highest BCUT2D eigenvalue weighted by molar-refractivity contribution is 6.40. The van der Waals surface area contributed by atoms with Gasteiger partial charge in [-0.05, 0) is 24.3 Å². The Kier molecular flexibility index (Phi) is 8.61. The molecule has 0 aliphatic rings. The fourth-order valence-corrected chi connectivity index (χ4v) is 3.21. The fourth-order valence-electron chi connectivity index (χ4n) is 1.96. The number of hydrogen-bond donors (Lipinski definition) is 2. The number of nitrogens with zero attached hydrogens (tertiary/aromatic N) is 2. The van der Waals surface area contributed by atoms with Gasteiger partial charge in [-0.2, -0.15) is 0 Å². The standard InChI is InChI=1S/C16H10Cl6N4O2/c17-5-13(27)23-7-1-9(19)15(10(20)2-7)25-26-16-11(21)3-8(4-12(16)22)24-14(28)6-18/h1-4H,5-6H2,(H,23,27)(H,24,28). The number of amides is 2. The summed E-state index contributed by atoms with van der Waals surface area (Å²) < 4.78 is 0. The number of azo groups is 1. The van der Waals surface area contributed by atoms with Gasteiger partial charge >= 0.3 is 0 Å². The van der Waals surface area contributed by atoms with Crippen LogP contribution < -0.4 is 10.6 Å². The maximum Gasteiger partial charge on any atom is 0.239 e. The van der Waals surface area contributed by atoms with Crippen LogP contribution >= 0.6 is 69.6 Å². The first kappa shape index (κ1) is 23.0. The zero-order valence-electron chi connectivity index (χ0n) is 13.7. The van der Waals surface area contributed by atoms with Crippen molar-refractivity contribution < 1.29 is 9.59 Å². The molecule has 2 rings (SSSR count). The van der Waals surface area contributed by atoms with Crippen LogP contribution in [0.2, 0.25) is 20.1 Å². The molecule has 0 heterocycles. The summed E-state index contributed by atoms with van der Waals surface area (Å²) in [5.74, 6) is -1.25. The second kappa shape index (κ2) is 10.5. The third-order valence-corrected chi connectivity index (χ3v) is 4.73. The predicted octanol–water partition coefficient (Wildman–Crippen LogP) is 7.07. The molecule has 2 aromatic carbocycles. The Balaban J connectivity index is 2.30. The largest absolute Gasteiger partial charge is 0.325 e. The fraction of sp³-hybridized carbons (Fsp3) is 0.125. The Morgan fingerprint density at radius 2 is 0.964 bits per heavy atom. The Morgan fingerprint density at radius 1 is 0.679 bits per heavy atom. The summed E-state index contributed by atoms with van der Waals surface area (Å²) >= 11 is 35.5. The van der Waals surface area contributed by atoms with Gasteiger partial charge in [0.1, 0.15) is 23.1 Å². The second-order valence-corrected chi connectivity index (χ2v) is 7.30. The van der Waals surface area contributed by atoms with Crippen LogP contribution in [0.15, 0.2) is 34.5 Å². The van der Waals surface area contributed by atoms with E-state index in [4.69, 9.17) is 69.6 Å². The van der Waals surface area contributed by atoms with Crippen molar-refractivity contribution in [1.29, 1.82) is 0 Å². The van der Waals surface area contributed by atoms with Gasteiger partial charge < -0.3 is 10.6 Å². The number of carbonyl (C=O) groups excluding carboxylic acids is 2. The first-order chi connectivity index (χ1) is 13.2. The van der Waals surface area contributed by atoms with Crippen LogP contribution in [-0.4, -0.2) is 23.6 Å². The molecule has 2 aromatic rings. The molecule has 0 atom stereocenters. The molecule has 0 unspecified atom stereocenters. The van der Waals surface area contributed by atoms with Crippen molar-refractivity contribution in [1.82, 2.24) is 0 Å². The number of alkyl halides is 2. The number of hydrogen-bond acceptors (Lipinski definition) is 4. The molecule has 6 nitrogen and oxygen atoms in total. The maximum absolute atomic E-state index is 11.4. The molecule has 0 aliphatic carbocycles. The van der Waals surface area contributed by atoms with Gasteiger partial charge in [-0.15, -0.1) is 33.4 Å². The first-order valence-corrected chi connectivity index (χ1v) is 9.94. The molecular weight excluding hydrogens is 493 g/mol. The van der Waals surface area contributed by atoms with Crippen LogP contribution in [0.25, 0.3) is 0 Å². The van der Waals surface area contributed by atoms with E-state index in [1.807, 2.05) is 0 Å². The quantitative estimate of drug-likeness (QED) is 0.327. The van der Waals surface area contributed by atoms with Gasteiger partial charge in [-0.3, -0.25) is 9.59 Å². The van der Waals surface area contributed by atoms with Crippen LogP contribution in [0, 0.1) is 0 Å². The number of halogens is 6. The molecule has 0 bridgehead atoms. The normalized spacial score (nSPS) is 10.9. The molecule has 0 fully saturated rings. The monoisotopic (exact) mass is 500 g/mol. The predicted molar refractivity (Wildman–Crippen MR) is 116 cm³/mol. The van der Waals surface area contributed by atoms with Gasteiger partial charge in [0.25, 0.3) is 0 Å². The third-order valence-electron chi connectivity index (χ3n) is 3.09. The number of anilines is 2. The average Bonchev–Trinajstić information content (AvgIpc) is 2.62. The van der Waals surface area contributed by atoms with Gasteiger partial charge in [0, 0.05) is 11.4 Å². The van der Waals surface area contributed by atoms with E-state index < -0.39 is 11.8 Å². The number of benzene rings is 2. The van der Waals surface area contributed by atoms with Crippen LogP contribution in [0.1, 0.15) is 0 Å². The van der Waals surface area contributed by atoms with Gasteiger partial charge in [0.2, 0.25) is 11.8 Å². The molecule has 2 amide bonds. The summed E-state index contributed by atoms with van der Waals surface area (Å²) in [5.41, 5.74) is 1.02. The van der Waals surface area contributed by atoms with E-state index in [1.54, 1.807) is 0 Å². The highest BCUT2D eigenvalue weighted by Crippen LogP contribution is 2.40. The molecule has 0 spiro atoms. The Labute approximate surface area is 190 Å². The molecule has 0 radical (unpaired) electrons. The molecule has 0 aliphatic heterocycles. The van der Waals surface area contributed by atoms with Crippen molar-refractivity contribution in [2.75, 3.05) is 22.4 Å². The minimum atomic E-state index is -0.414. The molecule has 28 heavy (non-hydrogen) atoms. The molecule has 0 saturated carbocycles. The molecule has 12 heteroatoms. The van der Waals surface area contributed by atoms with Crippen molar-refractivity contribution in [3.8, 4) is 0 Å². The van der Waals surface area contributed by atoms with Gasteiger partial charge in [0.05, 0.1) is 20.1 Å². The zero-order chi connectivity index (χ0) is 20.8. The Hall–Kier alpha value is -1.28. The number of carbonyl (C=O) groups is 2. The van der Waals surface area contributed by atoms with Gasteiger partial charge in [-0.25, -0.2) is 0 Å². The van der Waals surface area contributed by atoms with E-state index in [-0.39, 0.29) is 43.2 Å². The van der Waals surface area contributed by atoms with E-state index >= 15 is 0 Å². The minimum Gasteiger partial charge on any atom is -0.325 e. The van der Waals surface area contributed by atoms with E-state index in [9.17, 15) is 9.59 Å². The van der Waals surface area contributed by atoms with Crippen molar-refractivity contribution >= 4 is 104 Å². The summed E-state index contributed by atoms with van der Waals surface area (Å²) in [6.45, 7) is 0. The lowest BCUT2D eigenvalue weighted by Gasteiger charge is -2.08. The van der Waals surface area contributed by atoms with Gasteiger partial charge in [0.15, 0.2) is 0 Å². The summed E-state index contributed by atoms with van der Waals surface area (Å²) in [4.78, 5) is 22.7. The Morgan fingerprint density at radius 3 is 1.21 bits per heavy atom. The molecule has 148 valence electrons.